The van der Waals surface area contributed by atoms with Crippen LogP contribution in [0.1, 0.15) is 0 Å². The molecule has 5 heterocycles. The van der Waals surface area contributed by atoms with Crippen LogP contribution >= 0.6 is 0 Å². The number of benzene rings is 4. The molecule has 0 amide bonds. The van der Waals surface area contributed by atoms with Crippen LogP contribution in [0.2, 0.25) is 0 Å². The van der Waals surface area contributed by atoms with Gasteiger partial charge in [0, 0.05) is 39.5 Å². The van der Waals surface area contributed by atoms with Crippen molar-refractivity contribution < 1.29 is 8.83 Å². The Kier molecular flexibility index (Phi) is 5.36. The minimum Gasteiger partial charge on any atom is -0.452 e. The van der Waals surface area contributed by atoms with E-state index in [0.29, 0.717) is 28.9 Å². The van der Waals surface area contributed by atoms with Gasteiger partial charge in [0.1, 0.15) is 22.6 Å². The standard InChI is InChI=1S/C37H21N5O2/c1-2-10-31-25(7-1)26-16-17-27-28-21-24(15-18-32(28)44-34(27)33(26)43-31)22-11-13-23(14-12-22)35-40-36(29-8-3-5-19-38-29)42-37(41-35)30-9-4-6-20-39-30/h1-21H. The average Bonchev–Trinajstić information content (AvgIpc) is 3.67. The molecule has 4 aromatic carbocycles. The van der Waals surface area contributed by atoms with Gasteiger partial charge in [-0.1, -0.05) is 60.7 Å². The van der Waals surface area contributed by atoms with Gasteiger partial charge in [0.15, 0.2) is 28.6 Å². The van der Waals surface area contributed by atoms with Crippen molar-refractivity contribution in [1.29, 1.82) is 0 Å². The van der Waals surface area contributed by atoms with Gasteiger partial charge in [0.05, 0.1) is 0 Å². The van der Waals surface area contributed by atoms with Gasteiger partial charge < -0.3 is 8.83 Å². The van der Waals surface area contributed by atoms with Crippen LogP contribution in [-0.4, -0.2) is 24.9 Å². The number of hydrogen-bond donors (Lipinski definition) is 0. The lowest BCUT2D eigenvalue weighted by molar-refractivity contribution is 0.633. The first kappa shape index (κ1) is 24.4. The third-order valence-electron chi connectivity index (χ3n) is 7.88. The maximum absolute atomic E-state index is 6.33. The summed E-state index contributed by atoms with van der Waals surface area (Å²) < 4.78 is 12.6. The summed E-state index contributed by atoms with van der Waals surface area (Å²) in [4.78, 5) is 23.1. The summed E-state index contributed by atoms with van der Waals surface area (Å²) in [6.07, 6.45) is 3.46. The molecular weight excluding hydrogens is 546 g/mol. The van der Waals surface area contributed by atoms with Gasteiger partial charge in [0.25, 0.3) is 0 Å². The normalized spacial score (nSPS) is 11.6. The summed E-state index contributed by atoms with van der Waals surface area (Å²) in [5.74, 6) is 1.55. The zero-order valence-corrected chi connectivity index (χ0v) is 23.2. The molecule has 0 saturated heterocycles. The monoisotopic (exact) mass is 567 g/mol. The predicted molar refractivity (Wildman–Crippen MR) is 172 cm³/mol. The lowest BCUT2D eigenvalue weighted by Crippen LogP contribution is -2.01. The molecule has 0 aliphatic carbocycles. The Morgan fingerprint density at radius 1 is 0.386 bits per heavy atom. The zero-order valence-electron chi connectivity index (χ0n) is 23.2. The number of aromatic nitrogens is 5. The molecule has 206 valence electrons. The van der Waals surface area contributed by atoms with E-state index >= 15 is 0 Å². The average molecular weight is 568 g/mol. The SMILES string of the molecule is c1ccc(-c2nc(-c3ccc(-c4ccc5oc6c(ccc7c8ccccc8oc76)c5c4)cc3)nc(-c3ccccn3)n2)nc1. The molecule has 9 rings (SSSR count). The van der Waals surface area contributed by atoms with E-state index in [9.17, 15) is 0 Å². The first-order valence-electron chi connectivity index (χ1n) is 14.2. The van der Waals surface area contributed by atoms with Gasteiger partial charge in [-0.2, -0.15) is 0 Å². The van der Waals surface area contributed by atoms with Crippen molar-refractivity contribution in [3.63, 3.8) is 0 Å². The molecule has 0 spiro atoms. The number of para-hydroxylation sites is 1. The minimum atomic E-state index is 0.496. The van der Waals surface area contributed by atoms with Crippen LogP contribution in [0, 0.1) is 0 Å². The van der Waals surface area contributed by atoms with E-state index in [1.54, 1.807) is 12.4 Å². The summed E-state index contributed by atoms with van der Waals surface area (Å²) in [5.41, 5.74) is 7.58. The molecule has 0 saturated carbocycles. The molecule has 44 heavy (non-hydrogen) atoms. The first-order chi connectivity index (χ1) is 21.8. The van der Waals surface area contributed by atoms with Crippen LogP contribution in [0.3, 0.4) is 0 Å². The van der Waals surface area contributed by atoms with Crippen molar-refractivity contribution in [2.45, 2.75) is 0 Å². The molecule has 0 atom stereocenters. The highest BCUT2D eigenvalue weighted by Gasteiger charge is 2.17. The zero-order chi connectivity index (χ0) is 29.0. The molecule has 0 N–H and O–H groups in total. The lowest BCUT2D eigenvalue weighted by Gasteiger charge is -2.08. The van der Waals surface area contributed by atoms with Crippen LogP contribution in [-0.2, 0) is 0 Å². The largest absolute Gasteiger partial charge is 0.452 e. The van der Waals surface area contributed by atoms with Gasteiger partial charge in [-0.15, -0.1) is 0 Å². The number of furan rings is 2. The van der Waals surface area contributed by atoms with Gasteiger partial charge in [-0.05, 0) is 65.7 Å². The number of hydrogen-bond acceptors (Lipinski definition) is 7. The Labute approximate surface area is 250 Å². The van der Waals surface area contributed by atoms with E-state index in [-0.39, 0.29) is 0 Å². The maximum atomic E-state index is 6.33. The fraction of sp³-hybridized carbons (Fsp3) is 0. The van der Waals surface area contributed by atoms with E-state index in [0.717, 1.165) is 60.6 Å². The van der Waals surface area contributed by atoms with Gasteiger partial charge in [-0.25, -0.2) is 15.0 Å². The highest BCUT2D eigenvalue weighted by molar-refractivity contribution is 6.19. The van der Waals surface area contributed by atoms with E-state index in [2.05, 4.69) is 57.4 Å². The van der Waals surface area contributed by atoms with Crippen molar-refractivity contribution in [2.75, 3.05) is 0 Å². The van der Waals surface area contributed by atoms with Crippen LogP contribution in [0.25, 0.3) is 89.4 Å². The molecule has 0 aliphatic heterocycles. The molecule has 0 bridgehead atoms. The Morgan fingerprint density at radius 3 is 1.59 bits per heavy atom. The molecule has 5 aromatic heterocycles. The van der Waals surface area contributed by atoms with Crippen LogP contribution in [0.5, 0.6) is 0 Å². The van der Waals surface area contributed by atoms with E-state index < -0.39 is 0 Å². The Bertz CT molecular complexity index is 2430. The van der Waals surface area contributed by atoms with E-state index in [1.165, 1.54) is 0 Å². The molecule has 0 fully saturated rings. The van der Waals surface area contributed by atoms with Crippen molar-refractivity contribution in [2.24, 2.45) is 0 Å². The lowest BCUT2D eigenvalue weighted by atomic mass is 10.0. The van der Waals surface area contributed by atoms with Crippen molar-refractivity contribution >= 4 is 43.9 Å². The number of rotatable bonds is 4. The van der Waals surface area contributed by atoms with E-state index in [4.69, 9.17) is 18.8 Å². The Morgan fingerprint density at radius 2 is 0.932 bits per heavy atom. The third-order valence-corrected chi connectivity index (χ3v) is 7.88. The van der Waals surface area contributed by atoms with Crippen molar-refractivity contribution in [3.8, 4) is 45.6 Å². The quantitative estimate of drug-likeness (QED) is 0.209. The van der Waals surface area contributed by atoms with Gasteiger partial charge in [-0.3, -0.25) is 9.97 Å². The maximum Gasteiger partial charge on any atom is 0.182 e. The molecule has 0 unspecified atom stereocenters. The highest BCUT2D eigenvalue weighted by atomic mass is 16.4. The Balaban J connectivity index is 1.12. The first-order valence-corrected chi connectivity index (χ1v) is 14.2. The fourth-order valence-electron chi connectivity index (χ4n) is 5.73. The summed E-state index contributed by atoms with van der Waals surface area (Å²) in [7, 11) is 0. The highest BCUT2D eigenvalue weighted by Crippen LogP contribution is 2.39. The summed E-state index contributed by atoms with van der Waals surface area (Å²) in [6.45, 7) is 0. The number of nitrogens with zero attached hydrogens (tertiary/aromatic N) is 5. The summed E-state index contributed by atoms with van der Waals surface area (Å²) >= 11 is 0. The second-order valence-electron chi connectivity index (χ2n) is 10.5. The second-order valence-corrected chi connectivity index (χ2v) is 10.5. The third kappa shape index (κ3) is 3.94. The molecule has 0 radical (unpaired) electrons. The smallest absolute Gasteiger partial charge is 0.182 e. The van der Waals surface area contributed by atoms with Crippen molar-refractivity contribution in [1.82, 2.24) is 24.9 Å². The number of pyridine rings is 2. The summed E-state index contributed by atoms with van der Waals surface area (Å²) in [5, 5.41) is 4.21. The molecule has 9 aromatic rings. The van der Waals surface area contributed by atoms with E-state index in [1.807, 2.05) is 72.8 Å². The fourth-order valence-corrected chi connectivity index (χ4v) is 5.73. The van der Waals surface area contributed by atoms with Gasteiger partial charge in [0.2, 0.25) is 0 Å². The molecular formula is C37H21N5O2. The topological polar surface area (TPSA) is 90.7 Å². The molecule has 7 heteroatoms. The van der Waals surface area contributed by atoms with Crippen molar-refractivity contribution in [3.05, 3.63) is 128 Å². The summed E-state index contributed by atoms with van der Waals surface area (Å²) in [6, 6.07) is 38.2. The predicted octanol–water partition coefficient (Wildman–Crippen LogP) is 9.13. The number of fused-ring (bicyclic) bond motifs is 7. The van der Waals surface area contributed by atoms with Crippen LogP contribution < -0.4 is 0 Å². The molecule has 0 aliphatic rings. The molecule has 7 nitrogen and oxygen atoms in total. The van der Waals surface area contributed by atoms with Crippen LogP contribution in [0.4, 0.5) is 0 Å². The van der Waals surface area contributed by atoms with Crippen LogP contribution in [0.15, 0.2) is 136 Å². The Hall–Kier alpha value is -6.21. The minimum absolute atomic E-state index is 0.496. The van der Waals surface area contributed by atoms with Gasteiger partial charge >= 0.3 is 0 Å². The second kappa shape index (κ2) is 9.68.